The molecule has 0 aliphatic heterocycles. The van der Waals surface area contributed by atoms with Gasteiger partial charge in [0.05, 0.1) is 12.1 Å². The van der Waals surface area contributed by atoms with Crippen molar-refractivity contribution in [1.82, 2.24) is 0 Å². The Kier molecular flexibility index (Phi) is 7.26. The predicted molar refractivity (Wildman–Crippen MR) is 62.2 cm³/mol. The molecule has 0 rings (SSSR count). The first-order chi connectivity index (χ1) is 6.45. The second-order valence-corrected chi connectivity index (χ2v) is 5.56. The maximum absolute atomic E-state index is 10.8. The zero-order valence-electron chi connectivity index (χ0n) is 8.36. The highest BCUT2D eigenvalue weighted by molar-refractivity contribution is 8.76. The van der Waals surface area contributed by atoms with Gasteiger partial charge in [-0.25, -0.2) is 0 Å². The third kappa shape index (κ3) is 6.42. The molecule has 0 aromatic carbocycles. The summed E-state index contributed by atoms with van der Waals surface area (Å²) in [6.07, 6.45) is 0. The van der Waals surface area contributed by atoms with Crippen molar-refractivity contribution in [2.75, 3.05) is 11.5 Å². The Morgan fingerprint density at radius 2 is 1.29 bits per heavy atom. The van der Waals surface area contributed by atoms with Gasteiger partial charge in [-0.05, 0) is 13.8 Å². The second kappa shape index (κ2) is 7.28. The van der Waals surface area contributed by atoms with Crippen LogP contribution in [0.25, 0.3) is 0 Å². The molecular weight excluding hydrogens is 220 g/mol. The van der Waals surface area contributed by atoms with Crippen LogP contribution in [0, 0.1) is 0 Å². The summed E-state index contributed by atoms with van der Waals surface area (Å²) in [5.41, 5.74) is 11.0. The van der Waals surface area contributed by atoms with Gasteiger partial charge in [-0.2, -0.15) is 0 Å². The molecule has 0 saturated heterocycles. The fourth-order valence-corrected chi connectivity index (χ4v) is 2.89. The van der Waals surface area contributed by atoms with E-state index in [-0.39, 0.29) is 11.6 Å². The van der Waals surface area contributed by atoms with E-state index in [1.165, 1.54) is 35.4 Å². The lowest BCUT2D eigenvalue weighted by atomic mass is 10.3. The van der Waals surface area contributed by atoms with E-state index < -0.39 is 12.1 Å². The summed E-state index contributed by atoms with van der Waals surface area (Å²) in [5, 5.41) is 0. The average Bonchev–Trinajstić information content (AvgIpc) is 2.11. The van der Waals surface area contributed by atoms with Crippen molar-refractivity contribution in [2.45, 2.75) is 25.9 Å². The number of hydrogen-bond acceptors (Lipinski definition) is 6. The third-order valence-corrected chi connectivity index (χ3v) is 4.10. The number of hydrogen-bond donors (Lipinski definition) is 2. The summed E-state index contributed by atoms with van der Waals surface area (Å²) in [6.45, 7) is 2.94. The molecule has 0 aliphatic carbocycles. The molecule has 0 heterocycles. The Labute approximate surface area is 91.9 Å². The van der Waals surface area contributed by atoms with Crippen molar-refractivity contribution in [1.29, 1.82) is 0 Å². The summed E-state index contributed by atoms with van der Waals surface area (Å²) in [6, 6.07) is -0.831. The summed E-state index contributed by atoms with van der Waals surface area (Å²) in [5.74, 6) is 1.08. The molecular formula is C8H16N2O2S2. The highest BCUT2D eigenvalue weighted by Gasteiger charge is 2.10. The molecule has 0 aliphatic rings. The van der Waals surface area contributed by atoms with E-state index in [4.69, 9.17) is 11.5 Å². The normalized spacial score (nSPS) is 14.9. The lowest BCUT2D eigenvalue weighted by Crippen LogP contribution is -2.31. The van der Waals surface area contributed by atoms with Crippen LogP contribution in [0.2, 0.25) is 0 Å². The summed E-state index contributed by atoms with van der Waals surface area (Å²) >= 11 is 0. The molecule has 0 saturated carbocycles. The molecule has 2 unspecified atom stereocenters. The van der Waals surface area contributed by atoms with Crippen molar-refractivity contribution in [3.63, 3.8) is 0 Å². The maximum atomic E-state index is 10.8. The zero-order valence-corrected chi connectivity index (χ0v) is 9.99. The molecule has 0 aromatic rings. The molecule has 14 heavy (non-hydrogen) atoms. The smallest absolute Gasteiger partial charge is 0.147 e. The quantitative estimate of drug-likeness (QED) is 0.485. The van der Waals surface area contributed by atoms with E-state index in [2.05, 4.69) is 0 Å². The number of carbonyl (C=O) groups is 2. The summed E-state index contributed by atoms with van der Waals surface area (Å²) < 4.78 is 0. The number of ketones is 2. The van der Waals surface area contributed by atoms with Gasteiger partial charge < -0.3 is 11.5 Å². The number of carbonyl (C=O) groups excluding carboxylic acids is 2. The molecule has 0 amide bonds. The third-order valence-electron chi connectivity index (χ3n) is 1.62. The molecule has 4 nitrogen and oxygen atoms in total. The van der Waals surface area contributed by atoms with Crippen LogP contribution in [0.1, 0.15) is 13.8 Å². The molecule has 0 aromatic heterocycles. The van der Waals surface area contributed by atoms with E-state index >= 15 is 0 Å². The van der Waals surface area contributed by atoms with E-state index in [9.17, 15) is 9.59 Å². The van der Waals surface area contributed by atoms with Crippen LogP contribution >= 0.6 is 21.6 Å². The largest absolute Gasteiger partial charge is 0.321 e. The minimum atomic E-state index is -0.416. The topological polar surface area (TPSA) is 86.2 Å². The minimum absolute atomic E-state index is 0.0195. The molecule has 0 fully saturated rings. The Morgan fingerprint density at radius 3 is 1.50 bits per heavy atom. The van der Waals surface area contributed by atoms with Crippen molar-refractivity contribution in [3.8, 4) is 0 Å². The molecule has 0 radical (unpaired) electrons. The molecule has 6 heteroatoms. The van der Waals surface area contributed by atoms with Crippen LogP contribution < -0.4 is 11.5 Å². The first-order valence-electron chi connectivity index (χ1n) is 4.21. The first-order valence-corrected chi connectivity index (χ1v) is 6.70. The van der Waals surface area contributed by atoms with Crippen LogP contribution in [-0.2, 0) is 9.59 Å². The minimum Gasteiger partial charge on any atom is -0.321 e. The van der Waals surface area contributed by atoms with Crippen LogP contribution in [0.4, 0.5) is 0 Å². The highest BCUT2D eigenvalue weighted by atomic mass is 33.1. The molecule has 4 N–H and O–H groups in total. The lowest BCUT2D eigenvalue weighted by molar-refractivity contribution is -0.118. The summed E-state index contributed by atoms with van der Waals surface area (Å²) in [7, 11) is 2.95. The summed E-state index contributed by atoms with van der Waals surface area (Å²) in [4.78, 5) is 21.5. The van der Waals surface area contributed by atoms with E-state index in [1.807, 2.05) is 0 Å². The second-order valence-electron chi connectivity index (χ2n) is 3.00. The fourth-order valence-electron chi connectivity index (χ4n) is 0.478. The maximum Gasteiger partial charge on any atom is 0.147 e. The molecule has 0 bridgehead atoms. The van der Waals surface area contributed by atoms with Crippen LogP contribution in [0.3, 0.4) is 0 Å². The lowest BCUT2D eigenvalue weighted by Gasteiger charge is -2.08. The Morgan fingerprint density at radius 1 is 1.00 bits per heavy atom. The Bertz CT molecular complexity index is 190. The standard InChI is InChI=1S/C8H16N2O2S2/c1-5(11)7(9)3-13-14-4-8(10)6(2)12/h7-8H,3-4,9-10H2,1-2H3. The Hall–Kier alpha value is -0.0400. The van der Waals surface area contributed by atoms with Crippen molar-refractivity contribution in [3.05, 3.63) is 0 Å². The number of rotatable bonds is 7. The van der Waals surface area contributed by atoms with Crippen LogP contribution in [-0.4, -0.2) is 35.2 Å². The van der Waals surface area contributed by atoms with Crippen LogP contribution in [0.5, 0.6) is 0 Å². The van der Waals surface area contributed by atoms with Gasteiger partial charge >= 0.3 is 0 Å². The molecule has 82 valence electrons. The van der Waals surface area contributed by atoms with E-state index in [1.54, 1.807) is 0 Å². The van der Waals surface area contributed by atoms with Crippen molar-refractivity contribution >= 4 is 33.2 Å². The SMILES string of the molecule is CC(=O)C(N)CSSCC(N)C(C)=O. The first kappa shape index (κ1) is 14.0. The van der Waals surface area contributed by atoms with E-state index in [0.29, 0.717) is 11.5 Å². The van der Waals surface area contributed by atoms with Gasteiger partial charge in [0.2, 0.25) is 0 Å². The highest BCUT2D eigenvalue weighted by Crippen LogP contribution is 2.22. The Balaban J connectivity index is 3.47. The number of nitrogens with two attached hydrogens (primary N) is 2. The number of Topliss-reactive ketones (excluding diaryl/α,β-unsaturated/α-hetero) is 2. The van der Waals surface area contributed by atoms with Gasteiger partial charge in [-0.1, -0.05) is 21.6 Å². The van der Waals surface area contributed by atoms with E-state index in [0.717, 1.165) is 0 Å². The fraction of sp³-hybridized carbons (Fsp3) is 0.750. The molecule has 0 spiro atoms. The van der Waals surface area contributed by atoms with Gasteiger partial charge in [-0.3, -0.25) is 9.59 Å². The van der Waals surface area contributed by atoms with Gasteiger partial charge in [-0.15, -0.1) is 0 Å². The van der Waals surface area contributed by atoms with Gasteiger partial charge in [0.15, 0.2) is 0 Å². The monoisotopic (exact) mass is 236 g/mol. The molecule has 2 atom stereocenters. The van der Waals surface area contributed by atoms with Gasteiger partial charge in [0.25, 0.3) is 0 Å². The van der Waals surface area contributed by atoms with Gasteiger partial charge in [0.1, 0.15) is 11.6 Å². The van der Waals surface area contributed by atoms with Crippen molar-refractivity contribution < 1.29 is 9.59 Å². The zero-order chi connectivity index (χ0) is 11.1. The average molecular weight is 236 g/mol. The predicted octanol–water partition coefficient (Wildman–Crippen LogP) is 0.200. The van der Waals surface area contributed by atoms with Crippen molar-refractivity contribution in [2.24, 2.45) is 11.5 Å². The van der Waals surface area contributed by atoms with Gasteiger partial charge in [0, 0.05) is 11.5 Å². The van der Waals surface area contributed by atoms with Crippen LogP contribution in [0.15, 0.2) is 0 Å².